The van der Waals surface area contributed by atoms with Crippen molar-refractivity contribution in [1.29, 1.82) is 0 Å². The molecule has 4 nitrogen and oxygen atoms in total. The Bertz CT molecular complexity index is 710. The van der Waals surface area contributed by atoms with Crippen LogP contribution in [0.25, 0.3) is 10.9 Å². The molecule has 4 heteroatoms. The number of benzene rings is 1. The molecule has 1 saturated carbocycles. The smallest absolute Gasteiger partial charge is 0.0892 e. The minimum Gasteiger partial charge on any atom is -0.411 e. The first-order valence-corrected chi connectivity index (χ1v) is 9.15. The van der Waals surface area contributed by atoms with Crippen molar-refractivity contribution in [3.8, 4) is 0 Å². The van der Waals surface area contributed by atoms with Crippen molar-refractivity contribution in [3.05, 3.63) is 35.5 Å². The minimum absolute atomic E-state index is 0.103. The van der Waals surface area contributed by atoms with E-state index in [0.29, 0.717) is 12.5 Å². The Morgan fingerprint density at radius 1 is 1.21 bits per heavy atom. The number of rotatable bonds is 5. The Morgan fingerprint density at radius 3 is 2.62 bits per heavy atom. The predicted molar refractivity (Wildman–Crippen MR) is 97.9 cm³/mol. The van der Waals surface area contributed by atoms with Gasteiger partial charge in [0, 0.05) is 29.2 Å². The number of aromatic nitrogens is 1. The molecule has 0 radical (unpaired) electrons. The molecule has 1 aromatic heterocycles. The Hall–Kier alpha value is -1.81. The Kier molecular flexibility index (Phi) is 5.56. The van der Waals surface area contributed by atoms with Crippen molar-refractivity contribution < 1.29 is 10.3 Å². The second kappa shape index (κ2) is 7.84. The lowest BCUT2D eigenvalue weighted by molar-refractivity contribution is 0.278. The van der Waals surface area contributed by atoms with E-state index in [-0.39, 0.29) is 6.61 Å². The average Bonchev–Trinajstić information content (AvgIpc) is 2.78. The van der Waals surface area contributed by atoms with Crippen LogP contribution in [0.3, 0.4) is 0 Å². The summed E-state index contributed by atoms with van der Waals surface area (Å²) < 4.78 is 2.07. The third kappa shape index (κ3) is 3.48. The molecule has 1 aromatic carbocycles. The Labute approximate surface area is 143 Å². The van der Waals surface area contributed by atoms with E-state index in [1.165, 1.54) is 44.1 Å². The third-order valence-corrected chi connectivity index (χ3v) is 5.34. The van der Waals surface area contributed by atoms with Gasteiger partial charge in [-0.25, -0.2) is 0 Å². The molecule has 0 aliphatic heterocycles. The molecule has 0 bridgehead atoms. The van der Waals surface area contributed by atoms with Crippen LogP contribution in [0.4, 0.5) is 0 Å². The maximum Gasteiger partial charge on any atom is 0.0892 e. The van der Waals surface area contributed by atoms with Crippen molar-refractivity contribution in [2.75, 3.05) is 6.61 Å². The molecular formula is C20H28N2O2. The molecule has 1 aliphatic rings. The summed E-state index contributed by atoms with van der Waals surface area (Å²) in [5, 5.41) is 23.9. The SMILES string of the molecule is Cc1cccc2c1c(/C(CC1CCCCCC1)=N/O)cn2CCO. The van der Waals surface area contributed by atoms with E-state index in [1.54, 1.807) is 0 Å². The van der Waals surface area contributed by atoms with E-state index in [9.17, 15) is 10.3 Å². The standard InChI is InChI=1S/C20H28N2O2/c1-15-7-6-10-19-20(15)17(14-22(19)11-12-23)18(21-24)13-16-8-4-2-3-5-9-16/h6-7,10,14,16,23-24H,2-5,8-9,11-13H2,1H3/b21-18+. The van der Waals surface area contributed by atoms with Gasteiger partial charge in [0.05, 0.1) is 12.3 Å². The van der Waals surface area contributed by atoms with Gasteiger partial charge in [0.15, 0.2) is 0 Å². The Balaban J connectivity index is 1.96. The first-order chi connectivity index (χ1) is 11.7. The van der Waals surface area contributed by atoms with Gasteiger partial charge < -0.3 is 14.9 Å². The average molecular weight is 328 g/mol. The van der Waals surface area contributed by atoms with Crippen LogP contribution in [0.15, 0.2) is 29.6 Å². The van der Waals surface area contributed by atoms with Crippen LogP contribution in [0, 0.1) is 12.8 Å². The molecule has 2 aromatic rings. The lowest BCUT2D eigenvalue weighted by Crippen LogP contribution is -2.10. The number of hydrogen-bond donors (Lipinski definition) is 2. The predicted octanol–water partition coefficient (Wildman–Crippen LogP) is 4.48. The summed E-state index contributed by atoms with van der Waals surface area (Å²) in [5.41, 5.74) is 4.09. The number of fused-ring (bicyclic) bond motifs is 1. The fourth-order valence-electron chi connectivity index (χ4n) is 4.09. The van der Waals surface area contributed by atoms with Crippen molar-refractivity contribution in [2.45, 2.75) is 58.4 Å². The summed E-state index contributed by atoms with van der Waals surface area (Å²) in [6.45, 7) is 2.75. The molecule has 0 spiro atoms. The highest BCUT2D eigenvalue weighted by molar-refractivity contribution is 6.11. The molecule has 0 amide bonds. The second-order valence-electron chi connectivity index (χ2n) is 7.04. The maximum atomic E-state index is 9.70. The normalized spacial score (nSPS) is 17.3. The van der Waals surface area contributed by atoms with Crippen molar-refractivity contribution in [3.63, 3.8) is 0 Å². The second-order valence-corrected chi connectivity index (χ2v) is 7.04. The van der Waals surface area contributed by atoms with Gasteiger partial charge in [0.25, 0.3) is 0 Å². The van der Waals surface area contributed by atoms with E-state index < -0.39 is 0 Å². The third-order valence-electron chi connectivity index (χ3n) is 5.34. The van der Waals surface area contributed by atoms with Gasteiger partial charge in [-0.2, -0.15) is 0 Å². The van der Waals surface area contributed by atoms with E-state index in [2.05, 4.69) is 28.8 Å². The lowest BCUT2D eigenvalue weighted by Gasteiger charge is -2.14. The molecule has 1 heterocycles. The minimum atomic E-state index is 0.103. The van der Waals surface area contributed by atoms with Gasteiger partial charge >= 0.3 is 0 Å². The largest absolute Gasteiger partial charge is 0.411 e. The monoisotopic (exact) mass is 328 g/mol. The summed E-state index contributed by atoms with van der Waals surface area (Å²) in [4.78, 5) is 0. The molecule has 1 fully saturated rings. The Morgan fingerprint density at radius 2 is 1.96 bits per heavy atom. The zero-order valence-electron chi connectivity index (χ0n) is 14.5. The quantitative estimate of drug-likeness (QED) is 0.368. The maximum absolute atomic E-state index is 9.70. The van der Waals surface area contributed by atoms with Crippen LogP contribution < -0.4 is 0 Å². The van der Waals surface area contributed by atoms with Gasteiger partial charge in [0.2, 0.25) is 0 Å². The number of nitrogens with zero attached hydrogens (tertiary/aromatic N) is 2. The molecular weight excluding hydrogens is 300 g/mol. The summed E-state index contributed by atoms with van der Waals surface area (Å²) in [7, 11) is 0. The van der Waals surface area contributed by atoms with Gasteiger partial charge in [-0.3, -0.25) is 0 Å². The van der Waals surface area contributed by atoms with Crippen LogP contribution in [-0.2, 0) is 6.54 Å². The van der Waals surface area contributed by atoms with Crippen LogP contribution >= 0.6 is 0 Å². The number of oxime groups is 1. The van der Waals surface area contributed by atoms with Crippen molar-refractivity contribution in [1.82, 2.24) is 4.57 Å². The summed E-state index contributed by atoms with van der Waals surface area (Å²) in [6, 6.07) is 6.20. The van der Waals surface area contributed by atoms with Crippen molar-refractivity contribution >= 4 is 16.6 Å². The highest BCUT2D eigenvalue weighted by Gasteiger charge is 2.20. The molecule has 3 rings (SSSR count). The zero-order valence-corrected chi connectivity index (χ0v) is 14.5. The highest BCUT2D eigenvalue weighted by atomic mass is 16.4. The fraction of sp³-hybridized carbons (Fsp3) is 0.550. The number of aryl methyl sites for hydroxylation is 1. The number of aliphatic hydroxyl groups excluding tert-OH is 1. The molecule has 0 unspecified atom stereocenters. The van der Waals surface area contributed by atoms with E-state index in [0.717, 1.165) is 28.6 Å². The fourth-order valence-corrected chi connectivity index (χ4v) is 4.09. The summed E-state index contributed by atoms with van der Waals surface area (Å²) in [6.07, 6.45) is 10.6. The van der Waals surface area contributed by atoms with Gasteiger partial charge in [-0.05, 0) is 30.9 Å². The van der Waals surface area contributed by atoms with E-state index in [4.69, 9.17) is 0 Å². The molecule has 1 aliphatic carbocycles. The van der Waals surface area contributed by atoms with Crippen LogP contribution in [0.5, 0.6) is 0 Å². The van der Waals surface area contributed by atoms with Crippen LogP contribution in [0.1, 0.15) is 56.1 Å². The molecule has 0 atom stereocenters. The topological polar surface area (TPSA) is 57.8 Å². The molecule has 0 saturated heterocycles. The first kappa shape index (κ1) is 17.0. The van der Waals surface area contributed by atoms with Gasteiger partial charge in [-0.15, -0.1) is 0 Å². The number of aliphatic hydroxyl groups is 1. The van der Waals surface area contributed by atoms with Crippen molar-refractivity contribution in [2.24, 2.45) is 11.1 Å². The number of hydrogen-bond acceptors (Lipinski definition) is 3. The van der Waals surface area contributed by atoms with E-state index >= 15 is 0 Å². The van der Waals surface area contributed by atoms with Gasteiger partial charge in [0.1, 0.15) is 0 Å². The van der Waals surface area contributed by atoms with E-state index in [1.807, 2.05) is 12.3 Å². The lowest BCUT2D eigenvalue weighted by atomic mass is 9.91. The van der Waals surface area contributed by atoms with Crippen LogP contribution in [0.2, 0.25) is 0 Å². The van der Waals surface area contributed by atoms with Crippen LogP contribution in [-0.4, -0.2) is 27.2 Å². The molecule has 24 heavy (non-hydrogen) atoms. The van der Waals surface area contributed by atoms with Gasteiger partial charge in [-0.1, -0.05) is 55.8 Å². The summed E-state index contributed by atoms with van der Waals surface area (Å²) >= 11 is 0. The summed E-state index contributed by atoms with van der Waals surface area (Å²) in [5.74, 6) is 0.610. The zero-order chi connectivity index (χ0) is 16.9. The molecule has 2 N–H and O–H groups in total. The molecule has 130 valence electrons. The first-order valence-electron chi connectivity index (χ1n) is 9.15. The highest BCUT2D eigenvalue weighted by Crippen LogP contribution is 2.31.